The van der Waals surface area contributed by atoms with Gasteiger partial charge in [0.2, 0.25) is 0 Å². The average Bonchev–Trinajstić information content (AvgIpc) is 2.12. The van der Waals surface area contributed by atoms with Crippen LogP contribution in [-0.4, -0.2) is 11.8 Å². The monoisotopic (exact) mass is 189 g/mol. The number of ketones is 1. The molecule has 0 aromatic heterocycles. The molecule has 0 bridgehead atoms. The highest BCUT2D eigenvalue weighted by Gasteiger charge is 2.16. The fourth-order valence-electron chi connectivity index (χ4n) is 1.59. The Hall–Kier alpha value is -1.31. The molecule has 2 rings (SSSR count). The predicted molar refractivity (Wildman–Crippen MR) is 57.7 cm³/mol. The zero-order valence-corrected chi connectivity index (χ0v) is 8.42. The molecule has 1 aliphatic rings. The van der Waals surface area contributed by atoms with Gasteiger partial charge in [-0.2, -0.15) is 0 Å². The number of hydrogen-bond donors (Lipinski definition) is 1. The first-order chi connectivity index (χ1) is 6.75. The Labute approximate surface area is 84.3 Å². The standard InChI is InChI=1S/C12H15NO/c1-9(14)10-5-7-12(8-6-10)13-11-3-2-4-11/h5-8,11,13H,2-4H2,1H3. The van der Waals surface area contributed by atoms with Crippen molar-refractivity contribution in [1.29, 1.82) is 0 Å². The molecule has 0 aliphatic heterocycles. The number of nitrogens with one attached hydrogen (secondary N) is 1. The van der Waals surface area contributed by atoms with E-state index in [0.29, 0.717) is 6.04 Å². The number of carbonyl (C=O) groups excluding carboxylic acids is 1. The molecule has 0 unspecified atom stereocenters. The lowest BCUT2D eigenvalue weighted by Gasteiger charge is -2.27. The largest absolute Gasteiger partial charge is 0.382 e. The average molecular weight is 189 g/mol. The maximum Gasteiger partial charge on any atom is 0.159 e. The molecule has 1 N–H and O–H groups in total. The summed E-state index contributed by atoms with van der Waals surface area (Å²) in [6.07, 6.45) is 3.88. The highest BCUT2D eigenvalue weighted by molar-refractivity contribution is 5.94. The first-order valence-electron chi connectivity index (χ1n) is 5.13. The van der Waals surface area contributed by atoms with E-state index in [4.69, 9.17) is 0 Å². The topological polar surface area (TPSA) is 29.1 Å². The van der Waals surface area contributed by atoms with Gasteiger partial charge >= 0.3 is 0 Å². The van der Waals surface area contributed by atoms with Gasteiger partial charge < -0.3 is 5.32 Å². The van der Waals surface area contributed by atoms with Crippen molar-refractivity contribution in [2.24, 2.45) is 0 Å². The number of hydrogen-bond acceptors (Lipinski definition) is 2. The zero-order valence-electron chi connectivity index (χ0n) is 8.42. The highest BCUT2D eigenvalue weighted by atomic mass is 16.1. The summed E-state index contributed by atoms with van der Waals surface area (Å²) in [7, 11) is 0. The van der Waals surface area contributed by atoms with Gasteiger partial charge in [-0.05, 0) is 50.5 Å². The van der Waals surface area contributed by atoms with Gasteiger partial charge in [-0.25, -0.2) is 0 Å². The summed E-state index contributed by atoms with van der Waals surface area (Å²) in [4.78, 5) is 11.0. The molecular weight excluding hydrogens is 174 g/mol. The van der Waals surface area contributed by atoms with Crippen molar-refractivity contribution in [2.45, 2.75) is 32.2 Å². The molecule has 1 aliphatic carbocycles. The van der Waals surface area contributed by atoms with E-state index < -0.39 is 0 Å². The molecule has 0 spiro atoms. The van der Waals surface area contributed by atoms with Crippen LogP contribution in [0.15, 0.2) is 24.3 Å². The quantitative estimate of drug-likeness (QED) is 0.741. The highest BCUT2D eigenvalue weighted by Crippen LogP contribution is 2.23. The molecular formula is C12H15NO. The number of anilines is 1. The van der Waals surface area contributed by atoms with E-state index >= 15 is 0 Å². The molecule has 74 valence electrons. The van der Waals surface area contributed by atoms with Crippen LogP contribution in [0.25, 0.3) is 0 Å². The van der Waals surface area contributed by atoms with E-state index in [9.17, 15) is 4.79 Å². The third-order valence-corrected chi connectivity index (χ3v) is 2.77. The molecule has 0 heterocycles. The van der Waals surface area contributed by atoms with Crippen LogP contribution in [0.5, 0.6) is 0 Å². The van der Waals surface area contributed by atoms with Gasteiger partial charge in [0, 0.05) is 17.3 Å². The van der Waals surface area contributed by atoms with Crippen LogP contribution >= 0.6 is 0 Å². The smallest absolute Gasteiger partial charge is 0.159 e. The van der Waals surface area contributed by atoms with Crippen LogP contribution < -0.4 is 5.32 Å². The molecule has 1 saturated carbocycles. The summed E-state index contributed by atoms with van der Waals surface area (Å²) in [5.74, 6) is 0.125. The second-order valence-electron chi connectivity index (χ2n) is 3.91. The van der Waals surface area contributed by atoms with Crippen molar-refractivity contribution >= 4 is 11.5 Å². The van der Waals surface area contributed by atoms with E-state index in [0.717, 1.165) is 11.3 Å². The molecule has 1 aromatic rings. The maximum absolute atomic E-state index is 11.0. The van der Waals surface area contributed by atoms with Crippen molar-refractivity contribution in [3.05, 3.63) is 29.8 Å². The van der Waals surface area contributed by atoms with E-state index in [-0.39, 0.29) is 5.78 Å². The Bertz CT molecular complexity index is 325. The predicted octanol–water partition coefficient (Wildman–Crippen LogP) is 2.85. The van der Waals surface area contributed by atoms with E-state index in [1.165, 1.54) is 19.3 Å². The molecule has 0 amide bonds. The van der Waals surface area contributed by atoms with E-state index in [1.807, 2.05) is 24.3 Å². The van der Waals surface area contributed by atoms with Gasteiger partial charge in [0.15, 0.2) is 5.78 Å². The maximum atomic E-state index is 11.0. The molecule has 1 fully saturated rings. The fourth-order valence-corrected chi connectivity index (χ4v) is 1.59. The van der Waals surface area contributed by atoms with Crippen LogP contribution in [0.2, 0.25) is 0 Å². The summed E-state index contributed by atoms with van der Waals surface area (Å²) >= 11 is 0. The van der Waals surface area contributed by atoms with Crippen molar-refractivity contribution in [2.75, 3.05) is 5.32 Å². The van der Waals surface area contributed by atoms with Gasteiger partial charge in [-0.15, -0.1) is 0 Å². The summed E-state index contributed by atoms with van der Waals surface area (Å²) < 4.78 is 0. The number of carbonyl (C=O) groups is 1. The van der Waals surface area contributed by atoms with Crippen LogP contribution in [0.1, 0.15) is 36.5 Å². The molecule has 0 saturated heterocycles. The minimum absolute atomic E-state index is 0.125. The van der Waals surface area contributed by atoms with Crippen molar-refractivity contribution < 1.29 is 4.79 Å². The van der Waals surface area contributed by atoms with E-state index in [1.54, 1.807) is 6.92 Å². The first-order valence-corrected chi connectivity index (χ1v) is 5.13. The lowest BCUT2D eigenvalue weighted by molar-refractivity contribution is 0.101. The molecule has 0 radical (unpaired) electrons. The normalized spacial score (nSPS) is 16.1. The van der Waals surface area contributed by atoms with E-state index in [2.05, 4.69) is 5.32 Å². The number of rotatable bonds is 3. The Morgan fingerprint density at radius 2 is 1.93 bits per heavy atom. The van der Waals surface area contributed by atoms with Crippen LogP contribution in [0, 0.1) is 0 Å². The lowest BCUT2D eigenvalue weighted by Crippen LogP contribution is -2.26. The van der Waals surface area contributed by atoms with Crippen molar-refractivity contribution in [3.63, 3.8) is 0 Å². The van der Waals surface area contributed by atoms with Crippen LogP contribution in [0.4, 0.5) is 5.69 Å². The summed E-state index contributed by atoms with van der Waals surface area (Å²) in [6, 6.07) is 8.37. The van der Waals surface area contributed by atoms with Gasteiger partial charge in [0.1, 0.15) is 0 Å². The second kappa shape index (κ2) is 3.82. The SMILES string of the molecule is CC(=O)c1ccc(NC2CCC2)cc1. The Morgan fingerprint density at radius 1 is 1.29 bits per heavy atom. The summed E-state index contributed by atoms with van der Waals surface area (Å²) in [5, 5.41) is 3.43. The molecule has 14 heavy (non-hydrogen) atoms. The summed E-state index contributed by atoms with van der Waals surface area (Å²) in [6.45, 7) is 1.59. The summed E-state index contributed by atoms with van der Waals surface area (Å²) in [5.41, 5.74) is 1.91. The first kappa shape index (κ1) is 9.25. The lowest BCUT2D eigenvalue weighted by atomic mass is 9.93. The number of Topliss-reactive ketones (excluding diaryl/α,β-unsaturated/α-hetero) is 1. The van der Waals surface area contributed by atoms with Crippen molar-refractivity contribution in [3.8, 4) is 0 Å². The molecule has 1 aromatic carbocycles. The third-order valence-electron chi connectivity index (χ3n) is 2.77. The second-order valence-corrected chi connectivity index (χ2v) is 3.91. The zero-order chi connectivity index (χ0) is 9.97. The van der Waals surface area contributed by atoms with Crippen molar-refractivity contribution in [1.82, 2.24) is 0 Å². The Morgan fingerprint density at radius 3 is 2.36 bits per heavy atom. The van der Waals surface area contributed by atoms with Gasteiger partial charge in [0.25, 0.3) is 0 Å². The third kappa shape index (κ3) is 1.95. The van der Waals surface area contributed by atoms with Gasteiger partial charge in [-0.1, -0.05) is 0 Å². The minimum Gasteiger partial charge on any atom is -0.382 e. The number of benzene rings is 1. The Balaban J connectivity index is 2.01. The van der Waals surface area contributed by atoms with Gasteiger partial charge in [-0.3, -0.25) is 4.79 Å². The molecule has 2 nitrogen and oxygen atoms in total. The Kier molecular flexibility index (Phi) is 2.53. The van der Waals surface area contributed by atoms with Crippen LogP contribution in [0.3, 0.4) is 0 Å². The molecule has 0 atom stereocenters. The van der Waals surface area contributed by atoms with Crippen LogP contribution in [-0.2, 0) is 0 Å². The van der Waals surface area contributed by atoms with Gasteiger partial charge in [0.05, 0.1) is 0 Å². The minimum atomic E-state index is 0.125. The molecule has 2 heteroatoms. The fraction of sp³-hybridized carbons (Fsp3) is 0.417.